The number of benzene rings is 3. The third kappa shape index (κ3) is 4.30. The second-order valence-corrected chi connectivity index (χ2v) is 7.30. The summed E-state index contributed by atoms with van der Waals surface area (Å²) >= 11 is 1.56. The van der Waals surface area contributed by atoms with E-state index in [1.54, 1.807) is 23.9 Å². The van der Waals surface area contributed by atoms with Crippen molar-refractivity contribution in [1.82, 2.24) is 0 Å². The first kappa shape index (κ1) is 18.2. The van der Waals surface area contributed by atoms with Crippen LogP contribution in [0.1, 0.15) is 28.1 Å². The molecule has 0 saturated carbocycles. The first-order valence-corrected chi connectivity index (χ1v) is 9.41. The van der Waals surface area contributed by atoms with Gasteiger partial charge in [0.15, 0.2) is 5.78 Å². The van der Waals surface area contributed by atoms with Crippen molar-refractivity contribution in [3.05, 3.63) is 102 Å². The van der Waals surface area contributed by atoms with Crippen LogP contribution in [0.25, 0.3) is 0 Å². The summed E-state index contributed by atoms with van der Waals surface area (Å²) in [7, 11) is 0. The molecule has 2 nitrogen and oxygen atoms in total. The molecule has 2 atom stereocenters. The molecule has 0 amide bonds. The van der Waals surface area contributed by atoms with Gasteiger partial charge in [0.1, 0.15) is 5.78 Å². The van der Waals surface area contributed by atoms with Crippen molar-refractivity contribution in [1.29, 1.82) is 0 Å². The van der Waals surface area contributed by atoms with E-state index < -0.39 is 5.92 Å². The lowest BCUT2D eigenvalue weighted by atomic mass is 9.88. The number of rotatable bonds is 7. The van der Waals surface area contributed by atoms with Crippen LogP contribution in [-0.2, 0) is 4.79 Å². The molecule has 3 aromatic rings. The van der Waals surface area contributed by atoms with E-state index in [1.807, 2.05) is 78.9 Å². The highest BCUT2D eigenvalue weighted by molar-refractivity contribution is 7.99. The molecule has 0 radical (unpaired) electrons. The van der Waals surface area contributed by atoms with Gasteiger partial charge >= 0.3 is 0 Å². The molecular formula is C23H20O2S. The van der Waals surface area contributed by atoms with E-state index in [1.165, 1.54) is 6.92 Å². The van der Waals surface area contributed by atoms with Gasteiger partial charge < -0.3 is 0 Å². The molecule has 0 bridgehead atoms. The number of carbonyl (C=O) groups excluding carboxylic acids is 2. The highest BCUT2D eigenvalue weighted by atomic mass is 32.2. The predicted molar refractivity (Wildman–Crippen MR) is 106 cm³/mol. The molecule has 0 fully saturated rings. The van der Waals surface area contributed by atoms with Crippen molar-refractivity contribution >= 4 is 23.3 Å². The van der Waals surface area contributed by atoms with Crippen molar-refractivity contribution < 1.29 is 9.59 Å². The topological polar surface area (TPSA) is 34.1 Å². The highest BCUT2D eigenvalue weighted by Crippen LogP contribution is 2.42. The van der Waals surface area contributed by atoms with E-state index in [-0.39, 0.29) is 16.8 Å². The van der Waals surface area contributed by atoms with Gasteiger partial charge in [-0.25, -0.2) is 0 Å². The van der Waals surface area contributed by atoms with Crippen molar-refractivity contribution in [2.24, 2.45) is 5.92 Å². The summed E-state index contributed by atoms with van der Waals surface area (Å²) < 4.78 is 0. The van der Waals surface area contributed by atoms with Crippen LogP contribution in [0.4, 0.5) is 0 Å². The summed E-state index contributed by atoms with van der Waals surface area (Å²) in [5.41, 5.74) is 1.55. The Morgan fingerprint density at radius 2 is 1.23 bits per heavy atom. The molecule has 0 saturated heterocycles. The normalized spacial score (nSPS) is 13.0. The minimum atomic E-state index is -0.731. The standard InChI is InChI=1S/C23H20O2S/c1-17(24)21(22(25)18-11-5-2-6-12-18)23(19-13-7-3-8-14-19)26-20-15-9-4-10-16-20/h2-16,21,23H,1H3. The average molecular weight is 360 g/mol. The summed E-state index contributed by atoms with van der Waals surface area (Å²) in [4.78, 5) is 26.7. The van der Waals surface area contributed by atoms with Crippen LogP contribution in [-0.4, -0.2) is 11.6 Å². The van der Waals surface area contributed by atoms with Crippen molar-refractivity contribution in [2.45, 2.75) is 17.1 Å². The third-order valence-corrected chi connectivity index (χ3v) is 5.56. The maximum absolute atomic E-state index is 13.2. The Morgan fingerprint density at radius 1 is 0.731 bits per heavy atom. The largest absolute Gasteiger partial charge is 0.299 e. The summed E-state index contributed by atoms with van der Waals surface area (Å²) in [6.07, 6.45) is 0. The predicted octanol–water partition coefficient (Wildman–Crippen LogP) is 5.61. The van der Waals surface area contributed by atoms with Crippen molar-refractivity contribution in [2.75, 3.05) is 0 Å². The summed E-state index contributed by atoms with van der Waals surface area (Å²) in [5.74, 6) is -0.975. The molecule has 26 heavy (non-hydrogen) atoms. The van der Waals surface area contributed by atoms with E-state index in [0.717, 1.165) is 10.5 Å². The van der Waals surface area contributed by atoms with Crippen LogP contribution in [0.3, 0.4) is 0 Å². The van der Waals surface area contributed by atoms with Crippen LogP contribution in [0, 0.1) is 5.92 Å². The number of hydrogen-bond acceptors (Lipinski definition) is 3. The second kappa shape index (κ2) is 8.63. The zero-order valence-corrected chi connectivity index (χ0v) is 15.4. The number of carbonyl (C=O) groups is 2. The Bertz CT molecular complexity index is 860. The van der Waals surface area contributed by atoms with Gasteiger partial charge in [0.2, 0.25) is 0 Å². The van der Waals surface area contributed by atoms with Crippen molar-refractivity contribution in [3.8, 4) is 0 Å². The van der Waals surface area contributed by atoms with E-state index >= 15 is 0 Å². The minimum Gasteiger partial charge on any atom is -0.299 e. The monoisotopic (exact) mass is 360 g/mol. The zero-order chi connectivity index (χ0) is 18.4. The molecule has 0 aliphatic heterocycles. The van der Waals surface area contributed by atoms with Crippen molar-refractivity contribution in [3.63, 3.8) is 0 Å². The number of Topliss-reactive ketones (excluding diaryl/α,β-unsaturated/α-hetero) is 2. The first-order valence-electron chi connectivity index (χ1n) is 8.53. The molecule has 0 aliphatic rings. The lowest BCUT2D eigenvalue weighted by molar-refractivity contribution is -0.119. The zero-order valence-electron chi connectivity index (χ0n) is 14.5. The van der Waals surface area contributed by atoms with E-state index in [4.69, 9.17) is 0 Å². The van der Waals surface area contributed by atoms with Gasteiger partial charge in [-0.15, -0.1) is 11.8 Å². The van der Waals surface area contributed by atoms with Crippen LogP contribution >= 0.6 is 11.8 Å². The Kier molecular flexibility index (Phi) is 6.03. The molecule has 3 rings (SSSR count). The van der Waals surface area contributed by atoms with E-state index in [9.17, 15) is 9.59 Å². The van der Waals surface area contributed by atoms with Crippen LogP contribution in [0.15, 0.2) is 95.9 Å². The maximum Gasteiger partial charge on any atom is 0.174 e. The quantitative estimate of drug-likeness (QED) is 0.312. The Morgan fingerprint density at radius 3 is 1.77 bits per heavy atom. The first-order chi connectivity index (χ1) is 12.7. The van der Waals surface area contributed by atoms with E-state index in [2.05, 4.69) is 0 Å². The summed E-state index contributed by atoms with van der Waals surface area (Å²) in [6, 6.07) is 28.7. The molecule has 0 aliphatic carbocycles. The SMILES string of the molecule is CC(=O)C(C(=O)c1ccccc1)C(Sc1ccccc1)c1ccccc1. The van der Waals surface area contributed by atoms with Gasteiger partial charge in [-0.05, 0) is 24.6 Å². The van der Waals surface area contributed by atoms with Crippen LogP contribution in [0.2, 0.25) is 0 Å². The maximum atomic E-state index is 13.2. The van der Waals surface area contributed by atoms with Gasteiger partial charge in [-0.1, -0.05) is 78.9 Å². The molecule has 0 N–H and O–H groups in total. The molecule has 0 heterocycles. The Labute approximate surface area is 158 Å². The second-order valence-electron chi connectivity index (χ2n) is 6.08. The van der Waals surface area contributed by atoms with Gasteiger partial charge in [0, 0.05) is 10.5 Å². The van der Waals surface area contributed by atoms with Gasteiger partial charge in [0.25, 0.3) is 0 Å². The van der Waals surface area contributed by atoms with E-state index in [0.29, 0.717) is 5.56 Å². The average Bonchev–Trinajstić information content (AvgIpc) is 2.69. The van der Waals surface area contributed by atoms with Gasteiger partial charge in [0.05, 0.1) is 11.2 Å². The molecule has 0 aromatic heterocycles. The lowest BCUT2D eigenvalue weighted by Crippen LogP contribution is -2.27. The third-order valence-electron chi connectivity index (χ3n) is 4.22. The summed E-state index contributed by atoms with van der Waals surface area (Å²) in [5, 5.41) is -0.274. The smallest absolute Gasteiger partial charge is 0.174 e. The number of thioether (sulfide) groups is 1. The summed E-state index contributed by atoms with van der Waals surface area (Å²) in [6.45, 7) is 1.51. The fourth-order valence-electron chi connectivity index (χ4n) is 2.93. The fraction of sp³-hybridized carbons (Fsp3) is 0.130. The molecule has 0 spiro atoms. The minimum absolute atomic E-state index is 0.115. The molecule has 3 heteroatoms. The molecule has 130 valence electrons. The van der Waals surface area contributed by atoms with Crippen LogP contribution < -0.4 is 0 Å². The number of hydrogen-bond donors (Lipinski definition) is 0. The fourth-order valence-corrected chi connectivity index (χ4v) is 4.29. The van der Waals surface area contributed by atoms with Gasteiger partial charge in [-0.2, -0.15) is 0 Å². The van der Waals surface area contributed by atoms with Gasteiger partial charge in [-0.3, -0.25) is 9.59 Å². The highest BCUT2D eigenvalue weighted by Gasteiger charge is 2.34. The molecular weight excluding hydrogens is 340 g/mol. The Hall–Kier alpha value is -2.65. The Balaban J connectivity index is 2.02. The number of ketones is 2. The van der Waals surface area contributed by atoms with Crippen LogP contribution in [0.5, 0.6) is 0 Å². The molecule has 2 unspecified atom stereocenters. The molecule has 3 aromatic carbocycles. The lowest BCUT2D eigenvalue weighted by Gasteiger charge is -2.24.